The largest absolute Gasteiger partial charge is 0.384 e. The number of amides is 1. The SMILES string of the molecule is CS(=O)(=O)c1ccccc1N(Cc1ccc2ccc(N)nc2c1)C(=O)c1cncs1. The molecule has 0 unspecified atom stereocenters. The van der Waals surface area contributed by atoms with E-state index in [1.807, 2.05) is 24.3 Å². The fraction of sp³-hybridized carbons (Fsp3) is 0.0952. The number of hydrogen-bond acceptors (Lipinski definition) is 7. The average molecular weight is 439 g/mol. The summed E-state index contributed by atoms with van der Waals surface area (Å²) in [4.78, 5) is 23.6. The molecule has 2 heterocycles. The molecule has 0 aliphatic rings. The monoisotopic (exact) mass is 438 g/mol. The first-order valence-corrected chi connectivity index (χ1v) is 11.7. The topological polar surface area (TPSA) is 106 Å². The van der Waals surface area contributed by atoms with E-state index in [1.54, 1.807) is 29.8 Å². The van der Waals surface area contributed by atoms with Crippen LogP contribution in [0.3, 0.4) is 0 Å². The third kappa shape index (κ3) is 4.03. The number of benzene rings is 2. The second kappa shape index (κ2) is 7.85. The first kappa shape index (κ1) is 20.0. The van der Waals surface area contributed by atoms with Crippen LogP contribution in [-0.4, -0.2) is 30.5 Å². The van der Waals surface area contributed by atoms with Gasteiger partial charge in [-0.25, -0.2) is 13.4 Å². The summed E-state index contributed by atoms with van der Waals surface area (Å²) in [5.74, 6) is 0.0777. The lowest BCUT2D eigenvalue weighted by molar-refractivity contribution is 0.0988. The number of rotatable bonds is 5. The van der Waals surface area contributed by atoms with Gasteiger partial charge in [-0.05, 0) is 35.9 Å². The highest BCUT2D eigenvalue weighted by Crippen LogP contribution is 2.29. The molecule has 0 aliphatic heterocycles. The smallest absolute Gasteiger partial charge is 0.270 e. The predicted molar refractivity (Wildman–Crippen MR) is 118 cm³/mol. The molecular formula is C21H18N4O3S2. The molecule has 4 rings (SSSR count). The molecule has 1 amide bonds. The second-order valence-corrected chi connectivity index (χ2v) is 9.63. The van der Waals surface area contributed by atoms with Crippen molar-refractivity contribution in [3.05, 3.63) is 76.7 Å². The summed E-state index contributed by atoms with van der Waals surface area (Å²) in [7, 11) is -3.55. The molecule has 30 heavy (non-hydrogen) atoms. The Hall–Kier alpha value is -3.30. The van der Waals surface area contributed by atoms with E-state index >= 15 is 0 Å². The number of carbonyl (C=O) groups excluding carboxylic acids is 1. The van der Waals surface area contributed by atoms with Crippen LogP contribution in [0.2, 0.25) is 0 Å². The van der Waals surface area contributed by atoms with Crippen LogP contribution in [0, 0.1) is 0 Å². The number of thiazole rings is 1. The number of anilines is 2. The Balaban J connectivity index is 1.82. The Labute approximate surface area is 177 Å². The lowest BCUT2D eigenvalue weighted by Crippen LogP contribution is -2.31. The van der Waals surface area contributed by atoms with E-state index in [9.17, 15) is 13.2 Å². The average Bonchev–Trinajstić information content (AvgIpc) is 3.25. The van der Waals surface area contributed by atoms with Crippen LogP contribution in [0.5, 0.6) is 0 Å². The predicted octanol–water partition coefficient (Wildman–Crippen LogP) is 3.52. The van der Waals surface area contributed by atoms with Crippen LogP contribution in [0.4, 0.5) is 11.5 Å². The Morgan fingerprint density at radius 3 is 2.63 bits per heavy atom. The van der Waals surface area contributed by atoms with Crippen LogP contribution < -0.4 is 10.6 Å². The number of fused-ring (bicyclic) bond motifs is 1. The van der Waals surface area contributed by atoms with Crippen molar-refractivity contribution in [2.45, 2.75) is 11.4 Å². The highest BCUT2D eigenvalue weighted by atomic mass is 32.2. The summed E-state index contributed by atoms with van der Waals surface area (Å²) >= 11 is 1.20. The molecule has 0 aliphatic carbocycles. The first-order chi connectivity index (χ1) is 14.3. The second-order valence-electron chi connectivity index (χ2n) is 6.76. The summed E-state index contributed by atoms with van der Waals surface area (Å²) in [5, 5.41) is 0.921. The molecule has 7 nitrogen and oxygen atoms in total. The van der Waals surface area contributed by atoms with Crippen LogP contribution in [0.1, 0.15) is 15.2 Å². The van der Waals surface area contributed by atoms with E-state index in [2.05, 4.69) is 9.97 Å². The minimum Gasteiger partial charge on any atom is -0.384 e. The van der Waals surface area contributed by atoms with Gasteiger partial charge in [0.15, 0.2) is 9.84 Å². The molecule has 152 valence electrons. The van der Waals surface area contributed by atoms with Gasteiger partial charge in [-0.3, -0.25) is 9.78 Å². The fourth-order valence-corrected chi connectivity index (χ4v) is 4.63. The van der Waals surface area contributed by atoms with Gasteiger partial charge in [0.2, 0.25) is 0 Å². The van der Waals surface area contributed by atoms with Gasteiger partial charge in [0.25, 0.3) is 5.91 Å². The maximum Gasteiger partial charge on any atom is 0.270 e. The Morgan fingerprint density at radius 2 is 1.90 bits per heavy atom. The van der Waals surface area contributed by atoms with Gasteiger partial charge in [0.1, 0.15) is 10.7 Å². The first-order valence-electron chi connectivity index (χ1n) is 8.97. The highest BCUT2D eigenvalue weighted by molar-refractivity contribution is 7.90. The molecule has 2 aromatic carbocycles. The van der Waals surface area contributed by atoms with Gasteiger partial charge < -0.3 is 10.6 Å². The standard InChI is InChI=1S/C21H18N4O3S2/c1-30(27,28)19-5-3-2-4-17(19)25(21(26)18-11-23-13-29-18)12-14-6-7-15-8-9-20(22)24-16(15)10-14/h2-11,13H,12H2,1H3,(H2,22,24). The van der Waals surface area contributed by atoms with Crippen molar-refractivity contribution >= 4 is 49.5 Å². The number of carbonyl (C=O) groups is 1. The van der Waals surface area contributed by atoms with E-state index in [1.165, 1.54) is 28.5 Å². The van der Waals surface area contributed by atoms with Crippen molar-refractivity contribution in [2.75, 3.05) is 16.9 Å². The van der Waals surface area contributed by atoms with Gasteiger partial charge in [-0.1, -0.05) is 24.3 Å². The normalized spacial score (nSPS) is 11.5. The molecule has 0 spiro atoms. The number of sulfone groups is 1. The van der Waals surface area contributed by atoms with Crippen molar-refractivity contribution in [2.24, 2.45) is 0 Å². The zero-order chi connectivity index (χ0) is 21.3. The van der Waals surface area contributed by atoms with Crippen LogP contribution >= 0.6 is 11.3 Å². The van der Waals surface area contributed by atoms with Crippen LogP contribution in [0.25, 0.3) is 10.9 Å². The maximum atomic E-state index is 13.3. The quantitative estimate of drug-likeness (QED) is 0.511. The summed E-state index contributed by atoms with van der Waals surface area (Å²) in [6, 6.07) is 15.7. The lowest BCUT2D eigenvalue weighted by Gasteiger charge is -2.24. The number of hydrogen-bond donors (Lipinski definition) is 1. The minimum atomic E-state index is -3.55. The maximum absolute atomic E-state index is 13.3. The summed E-state index contributed by atoms with van der Waals surface area (Å²) in [6.45, 7) is 0.162. The number of nitrogen functional groups attached to an aromatic ring is 1. The molecule has 2 aromatic heterocycles. The zero-order valence-electron chi connectivity index (χ0n) is 16.0. The number of nitrogens with zero attached hydrogens (tertiary/aromatic N) is 3. The van der Waals surface area contributed by atoms with Crippen LogP contribution in [0.15, 0.2) is 71.2 Å². The van der Waals surface area contributed by atoms with E-state index < -0.39 is 9.84 Å². The molecule has 2 N–H and O–H groups in total. The van der Waals surface area contributed by atoms with Crippen molar-refractivity contribution in [1.82, 2.24) is 9.97 Å². The highest BCUT2D eigenvalue weighted by Gasteiger charge is 2.25. The minimum absolute atomic E-state index is 0.0889. The Kier molecular flexibility index (Phi) is 5.23. The van der Waals surface area contributed by atoms with Crippen molar-refractivity contribution in [3.8, 4) is 0 Å². The Bertz CT molecular complexity index is 1340. The molecule has 9 heteroatoms. The van der Waals surface area contributed by atoms with Gasteiger partial charge in [-0.2, -0.15) is 0 Å². The third-order valence-electron chi connectivity index (χ3n) is 4.56. The van der Waals surface area contributed by atoms with Crippen molar-refractivity contribution in [1.29, 1.82) is 0 Å². The number of para-hydroxylation sites is 1. The number of aromatic nitrogens is 2. The van der Waals surface area contributed by atoms with Gasteiger partial charge in [0, 0.05) is 11.6 Å². The summed E-state index contributed by atoms with van der Waals surface area (Å²) in [5.41, 5.74) is 9.18. The number of pyridine rings is 1. The zero-order valence-corrected chi connectivity index (χ0v) is 17.7. The molecule has 0 fully saturated rings. The van der Waals surface area contributed by atoms with Crippen molar-refractivity contribution < 1.29 is 13.2 Å². The van der Waals surface area contributed by atoms with Crippen molar-refractivity contribution in [3.63, 3.8) is 0 Å². The molecule has 0 bridgehead atoms. The molecule has 0 saturated carbocycles. The lowest BCUT2D eigenvalue weighted by atomic mass is 10.1. The van der Waals surface area contributed by atoms with Gasteiger partial charge in [0.05, 0.1) is 34.4 Å². The third-order valence-corrected chi connectivity index (χ3v) is 6.47. The molecule has 0 radical (unpaired) electrons. The van der Waals surface area contributed by atoms with E-state index in [0.29, 0.717) is 21.9 Å². The van der Waals surface area contributed by atoms with E-state index in [-0.39, 0.29) is 17.3 Å². The molecular weight excluding hydrogens is 420 g/mol. The van der Waals surface area contributed by atoms with E-state index in [4.69, 9.17) is 5.73 Å². The summed E-state index contributed by atoms with van der Waals surface area (Å²) < 4.78 is 24.7. The van der Waals surface area contributed by atoms with E-state index in [0.717, 1.165) is 17.2 Å². The molecule has 0 saturated heterocycles. The molecule has 4 aromatic rings. The summed E-state index contributed by atoms with van der Waals surface area (Å²) in [6.07, 6.45) is 2.61. The number of nitrogens with two attached hydrogens (primary N) is 1. The molecule has 0 atom stereocenters. The van der Waals surface area contributed by atoms with Gasteiger partial charge >= 0.3 is 0 Å². The fourth-order valence-electron chi connectivity index (χ4n) is 3.17. The van der Waals surface area contributed by atoms with Gasteiger partial charge in [-0.15, -0.1) is 11.3 Å². The van der Waals surface area contributed by atoms with Crippen LogP contribution in [-0.2, 0) is 16.4 Å². The Morgan fingerprint density at radius 1 is 1.13 bits per heavy atom.